The third-order valence-electron chi connectivity index (χ3n) is 8.72. The standard InChI is InChI=1S/C38H40N8O6/c1-50-27-12-8-22(9-13-27)34-41-20-25(43-34)17-30(39)36(47)45-32(16-24-19-40-31-7-5-4-6-29(24)31)37(48)46-33(38(49)52-3)18-26-21-42-35(44-26)23-10-14-28(51-2)15-11-23/h4-15,19-21,30,32-33,40H,16-18,39H2,1-3H3,(H,41,43)(H,42,44)(H,45,47)(H,46,48)/t30-,32-,33-/m0/s1. The lowest BCUT2D eigenvalue weighted by Gasteiger charge is -2.23. The van der Waals surface area contributed by atoms with Crippen LogP contribution in [0, 0.1) is 0 Å². The molecule has 0 unspecified atom stereocenters. The van der Waals surface area contributed by atoms with Crippen molar-refractivity contribution >= 4 is 28.7 Å². The third-order valence-corrected chi connectivity index (χ3v) is 8.72. The maximum atomic E-state index is 14.0. The summed E-state index contributed by atoms with van der Waals surface area (Å²) in [4.78, 5) is 59.0. The summed E-state index contributed by atoms with van der Waals surface area (Å²) in [5, 5.41) is 6.53. The van der Waals surface area contributed by atoms with Crippen LogP contribution < -0.4 is 25.8 Å². The number of nitrogens with one attached hydrogen (secondary N) is 5. The Labute approximate surface area is 299 Å². The molecular formula is C38H40N8O6. The molecule has 0 saturated heterocycles. The van der Waals surface area contributed by atoms with E-state index < -0.39 is 35.9 Å². The summed E-state index contributed by atoms with van der Waals surface area (Å²) < 4.78 is 15.5. The Morgan fingerprint density at radius 3 is 1.85 bits per heavy atom. The molecule has 0 fully saturated rings. The van der Waals surface area contributed by atoms with Gasteiger partial charge >= 0.3 is 5.97 Å². The minimum absolute atomic E-state index is 0.0607. The van der Waals surface area contributed by atoms with Crippen LogP contribution in [-0.4, -0.2) is 82.2 Å². The van der Waals surface area contributed by atoms with Crippen molar-refractivity contribution in [2.24, 2.45) is 5.73 Å². The first-order chi connectivity index (χ1) is 25.2. The number of carbonyl (C=O) groups excluding carboxylic acids is 3. The quantitative estimate of drug-likeness (QED) is 0.0866. The molecule has 7 N–H and O–H groups in total. The maximum Gasteiger partial charge on any atom is 0.328 e. The van der Waals surface area contributed by atoms with E-state index in [1.807, 2.05) is 72.8 Å². The monoisotopic (exact) mass is 704 g/mol. The van der Waals surface area contributed by atoms with E-state index in [0.29, 0.717) is 28.8 Å². The molecule has 2 amide bonds. The fourth-order valence-corrected chi connectivity index (χ4v) is 5.88. The average Bonchev–Trinajstić information content (AvgIpc) is 3.95. The summed E-state index contributed by atoms with van der Waals surface area (Å²) in [5.74, 6) is 0.837. The third kappa shape index (κ3) is 8.30. The molecule has 0 saturated carbocycles. The first-order valence-corrected chi connectivity index (χ1v) is 16.6. The maximum absolute atomic E-state index is 14.0. The van der Waals surface area contributed by atoms with Crippen LogP contribution in [0.5, 0.6) is 11.5 Å². The molecule has 14 nitrogen and oxygen atoms in total. The predicted octanol–water partition coefficient (Wildman–Crippen LogP) is 3.46. The molecule has 0 spiro atoms. The summed E-state index contributed by atoms with van der Waals surface area (Å²) in [6, 6.07) is 19.2. The Morgan fingerprint density at radius 1 is 0.712 bits per heavy atom. The number of H-pyrrole nitrogens is 3. The predicted molar refractivity (Wildman–Crippen MR) is 194 cm³/mol. The van der Waals surface area contributed by atoms with Crippen molar-refractivity contribution in [2.45, 2.75) is 37.4 Å². The molecule has 6 rings (SSSR count). The average molecular weight is 705 g/mol. The van der Waals surface area contributed by atoms with Crippen LogP contribution in [0.4, 0.5) is 0 Å². The highest BCUT2D eigenvalue weighted by atomic mass is 16.5. The number of rotatable bonds is 15. The SMILES string of the molecule is COC(=O)[C@H](Cc1cnc(-c2ccc(OC)cc2)[nH]1)NC(=O)[C@H](Cc1c[nH]c2ccccc12)NC(=O)[C@@H](N)Cc1cnc(-c2ccc(OC)cc2)[nH]1. The zero-order valence-electron chi connectivity index (χ0n) is 28.9. The largest absolute Gasteiger partial charge is 0.497 e. The van der Waals surface area contributed by atoms with E-state index >= 15 is 0 Å². The topological polar surface area (TPSA) is 202 Å². The van der Waals surface area contributed by atoms with Crippen molar-refractivity contribution in [3.63, 3.8) is 0 Å². The molecule has 3 aromatic heterocycles. The Morgan fingerprint density at radius 2 is 1.27 bits per heavy atom. The fraction of sp³-hybridized carbons (Fsp3) is 0.237. The number of ether oxygens (including phenoxy) is 3. The summed E-state index contributed by atoms with van der Waals surface area (Å²) in [6.45, 7) is 0. The van der Waals surface area contributed by atoms with E-state index in [2.05, 4.69) is 35.6 Å². The number of aromatic nitrogens is 5. The van der Waals surface area contributed by atoms with Crippen LogP contribution in [-0.2, 0) is 38.4 Å². The molecule has 0 aliphatic heterocycles. The number of nitrogens with zero attached hydrogens (tertiary/aromatic N) is 2. The van der Waals surface area contributed by atoms with Crippen molar-refractivity contribution in [1.29, 1.82) is 0 Å². The molecule has 3 heterocycles. The first-order valence-electron chi connectivity index (χ1n) is 16.6. The van der Waals surface area contributed by atoms with E-state index in [1.165, 1.54) is 7.11 Å². The number of carbonyl (C=O) groups is 3. The number of esters is 1. The van der Waals surface area contributed by atoms with Gasteiger partial charge in [0.15, 0.2) is 0 Å². The van der Waals surface area contributed by atoms with E-state index in [-0.39, 0.29) is 19.3 Å². The zero-order chi connectivity index (χ0) is 36.6. The van der Waals surface area contributed by atoms with Crippen LogP contribution in [0.1, 0.15) is 17.0 Å². The van der Waals surface area contributed by atoms with Gasteiger partial charge in [-0.1, -0.05) is 18.2 Å². The molecule has 3 atom stereocenters. The lowest BCUT2D eigenvalue weighted by atomic mass is 10.0. The van der Waals surface area contributed by atoms with Gasteiger partial charge in [-0.05, 0) is 60.2 Å². The van der Waals surface area contributed by atoms with Gasteiger partial charge in [0.1, 0.15) is 35.2 Å². The number of amides is 2. The van der Waals surface area contributed by atoms with Crippen LogP contribution in [0.25, 0.3) is 33.7 Å². The Bertz CT molecular complexity index is 2140. The van der Waals surface area contributed by atoms with Crippen LogP contribution in [0.2, 0.25) is 0 Å². The van der Waals surface area contributed by atoms with Gasteiger partial charge in [0, 0.05) is 71.3 Å². The number of para-hydroxylation sites is 1. The summed E-state index contributed by atoms with van der Waals surface area (Å²) in [7, 11) is 4.43. The summed E-state index contributed by atoms with van der Waals surface area (Å²) in [6.07, 6.45) is 5.34. The molecule has 0 radical (unpaired) electrons. The molecule has 268 valence electrons. The van der Waals surface area contributed by atoms with Crippen LogP contribution >= 0.6 is 0 Å². The highest BCUT2D eigenvalue weighted by Crippen LogP contribution is 2.22. The van der Waals surface area contributed by atoms with Gasteiger partial charge in [0.2, 0.25) is 11.8 Å². The van der Waals surface area contributed by atoms with E-state index in [1.54, 1.807) is 32.8 Å². The number of aromatic amines is 3. The Balaban J connectivity index is 1.17. The van der Waals surface area contributed by atoms with Gasteiger partial charge in [0.05, 0.1) is 27.4 Å². The lowest BCUT2D eigenvalue weighted by molar-refractivity contribution is -0.145. The highest BCUT2D eigenvalue weighted by Gasteiger charge is 2.30. The van der Waals surface area contributed by atoms with Gasteiger partial charge in [-0.2, -0.15) is 0 Å². The van der Waals surface area contributed by atoms with Crippen LogP contribution in [0.15, 0.2) is 91.4 Å². The second-order valence-corrected chi connectivity index (χ2v) is 12.2. The molecule has 0 aliphatic carbocycles. The minimum Gasteiger partial charge on any atom is -0.497 e. The molecule has 3 aromatic carbocycles. The Hall–Kier alpha value is -6.41. The van der Waals surface area contributed by atoms with Gasteiger partial charge in [-0.25, -0.2) is 14.8 Å². The van der Waals surface area contributed by atoms with Crippen LogP contribution in [0.3, 0.4) is 0 Å². The van der Waals surface area contributed by atoms with Crippen molar-refractivity contribution in [3.8, 4) is 34.3 Å². The molecular weight excluding hydrogens is 664 g/mol. The van der Waals surface area contributed by atoms with E-state index in [9.17, 15) is 14.4 Å². The van der Waals surface area contributed by atoms with Gasteiger partial charge in [0.25, 0.3) is 0 Å². The molecule has 6 aromatic rings. The number of methoxy groups -OCH3 is 3. The number of hydrogen-bond donors (Lipinski definition) is 6. The van der Waals surface area contributed by atoms with Gasteiger partial charge < -0.3 is 45.5 Å². The number of imidazole rings is 2. The smallest absolute Gasteiger partial charge is 0.328 e. The van der Waals surface area contributed by atoms with Crippen molar-refractivity contribution in [1.82, 2.24) is 35.6 Å². The molecule has 0 aliphatic rings. The molecule has 52 heavy (non-hydrogen) atoms. The zero-order valence-corrected chi connectivity index (χ0v) is 28.9. The second kappa shape index (κ2) is 16.1. The van der Waals surface area contributed by atoms with Gasteiger partial charge in [-0.15, -0.1) is 0 Å². The number of fused-ring (bicyclic) bond motifs is 1. The lowest BCUT2D eigenvalue weighted by Crippen LogP contribution is -2.56. The summed E-state index contributed by atoms with van der Waals surface area (Å²) >= 11 is 0. The minimum atomic E-state index is -1.09. The Kier molecular flexibility index (Phi) is 11.0. The fourth-order valence-electron chi connectivity index (χ4n) is 5.88. The second-order valence-electron chi connectivity index (χ2n) is 12.2. The number of hydrogen-bond acceptors (Lipinski definition) is 9. The first kappa shape index (κ1) is 35.4. The number of benzene rings is 3. The molecule has 14 heteroatoms. The van der Waals surface area contributed by atoms with Gasteiger partial charge in [-0.3, -0.25) is 9.59 Å². The summed E-state index contributed by atoms with van der Waals surface area (Å²) in [5.41, 5.74) is 11.0. The van der Waals surface area contributed by atoms with E-state index in [0.717, 1.165) is 33.3 Å². The van der Waals surface area contributed by atoms with Crippen molar-refractivity contribution in [3.05, 3.63) is 108 Å². The highest BCUT2D eigenvalue weighted by molar-refractivity contribution is 5.93. The van der Waals surface area contributed by atoms with E-state index in [4.69, 9.17) is 19.9 Å². The molecule has 0 bridgehead atoms. The number of nitrogens with two attached hydrogens (primary N) is 1. The van der Waals surface area contributed by atoms with Crippen molar-refractivity contribution < 1.29 is 28.6 Å². The normalized spacial score (nSPS) is 12.8. The van der Waals surface area contributed by atoms with Crippen molar-refractivity contribution in [2.75, 3.05) is 21.3 Å².